The van der Waals surface area contributed by atoms with Gasteiger partial charge in [-0.2, -0.15) is 0 Å². The van der Waals surface area contributed by atoms with E-state index in [2.05, 4.69) is 10.6 Å². The molecule has 0 spiro atoms. The molecule has 2 aromatic carbocycles. The SMILES string of the molecule is CC(=O)N1c2ccc(-c3ccc(CC(=O)NCCN)cc3)cc2[C@H](NC(=O)OC(C)C)C[C@@H]1C.Cl. The monoisotopic (exact) mass is 502 g/mol. The normalized spacial score (nSPS) is 16.7. The molecule has 1 aliphatic heterocycles. The first-order valence-electron chi connectivity index (χ1n) is 11.7. The fourth-order valence-electron chi connectivity index (χ4n) is 4.33. The molecule has 0 bridgehead atoms. The number of benzene rings is 2. The van der Waals surface area contributed by atoms with Gasteiger partial charge in [0.1, 0.15) is 0 Å². The third-order valence-electron chi connectivity index (χ3n) is 5.77. The summed E-state index contributed by atoms with van der Waals surface area (Å²) in [5.41, 5.74) is 9.93. The van der Waals surface area contributed by atoms with Crippen LogP contribution in [-0.2, 0) is 20.7 Å². The van der Waals surface area contributed by atoms with E-state index in [1.165, 1.54) is 0 Å². The number of ether oxygens (including phenoxy) is 1. The maximum Gasteiger partial charge on any atom is 0.407 e. The Kier molecular flexibility index (Phi) is 10.1. The fraction of sp³-hybridized carbons (Fsp3) is 0.423. The van der Waals surface area contributed by atoms with Gasteiger partial charge in [0.05, 0.1) is 18.6 Å². The van der Waals surface area contributed by atoms with Crippen molar-refractivity contribution in [2.45, 2.75) is 58.7 Å². The van der Waals surface area contributed by atoms with E-state index >= 15 is 0 Å². The highest BCUT2D eigenvalue weighted by Crippen LogP contribution is 2.39. The number of nitrogens with one attached hydrogen (secondary N) is 2. The molecule has 0 unspecified atom stereocenters. The molecule has 4 N–H and O–H groups in total. The van der Waals surface area contributed by atoms with Crippen LogP contribution in [-0.4, -0.2) is 43.1 Å². The summed E-state index contributed by atoms with van der Waals surface area (Å²) in [6.45, 7) is 8.01. The van der Waals surface area contributed by atoms with Crippen LogP contribution in [0.3, 0.4) is 0 Å². The molecule has 190 valence electrons. The number of hydrogen-bond acceptors (Lipinski definition) is 5. The maximum atomic E-state index is 12.4. The molecule has 1 heterocycles. The largest absolute Gasteiger partial charge is 0.447 e. The number of alkyl carbamates (subject to hydrolysis) is 1. The maximum absolute atomic E-state index is 12.4. The zero-order valence-electron chi connectivity index (χ0n) is 20.7. The first kappa shape index (κ1) is 28.1. The van der Waals surface area contributed by atoms with Crippen LogP contribution < -0.4 is 21.3 Å². The van der Waals surface area contributed by atoms with Crippen molar-refractivity contribution in [1.29, 1.82) is 0 Å². The minimum Gasteiger partial charge on any atom is -0.447 e. The zero-order chi connectivity index (χ0) is 24.8. The van der Waals surface area contributed by atoms with Crippen LogP contribution in [0.4, 0.5) is 10.5 Å². The molecule has 2 aromatic rings. The molecule has 2 atom stereocenters. The number of rotatable bonds is 7. The lowest BCUT2D eigenvalue weighted by molar-refractivity contribution is -0.120. The van der Waals surface area contributed by atoms with Gasteiger partial charge in [0.15, 0.2) is 0 Å². The van der Waals surface area contributed by atoms with Gasteiger partial charge in [-0.1, -0.05) is 30.3 Å². The van der Waals surface area contributed by atoms with Crippen LogP contribution >= 0.6 is 12.4 Å². The number of anilines is 1. The molecule has 3 amide bonds. The smallest absolute Gasteiger partial charge is 0.407 e. The van der Waals surface area contributed by atoms with E-state index in [0.717, 1.165) is 27.9 Å². The second-order valence-electron chi connectivity index (χ2n) is 8.91. The minimum absolute atomic E-state index is 0. The van der Waals surface area contributed by atoms with Gasteiger partial charge in [0.2, 0.25) is 11.8 Å². The second-order valence-corrected chi connectivity index (χ2v) is 8.91. The summed E-state index contributed by atoms with van der Waals surface area (Å²) >= 11 is 0. The van der Waals surface area contributed by atoms with E-state index in [-0.39, 0.29) is 42.4 Å². The molecule has 35 heavy (non-hydrogen) atoms. The highest BCUT2D eigenvalue weighted by Gasteiger charge is 2.33. The van der Waals surface area contributed by atoms with Crippen molar-refractivity contribution >= 4 is 36.0 Å². The average molecular weight is 503 g/mol. The lowest BCUT2D eigenvalue weighted by atomic mass is 9.89. The molecule has 1 aliphatic rings. The van der Waals surface area contributed by atoms with Crippen molar-refractivity contribution < 1.29 is 19.1 Å². The molecule has 0 aromatic heterocycles. The van der Waals surface area contributed by atoms with E-state index in [0.29, 0.717) is 25.9 Å². The van der Waals surface area contributed by atoms with E-state index in [4.69, 9.17) is 10.5 Å². The Balaban J connectivity index is 0.00000432. The van der Waals surface area contributed by atoms with E-state index in [1.54, 1.807) is 25.7 Å². The van der Waals surface area contributed by atoms with Gasteiger partial charge >= 0.3 is 6.09 Å². The molecule has 0 saturated carbocycles. The minimum atomic E-state index is -0.475. The molecule has 3 rings (SSSR count). The summed E-state index contributed by atoms with van der Waals surface area (Å²) in [6, 6.07) is 13.4. The number of nitrogens with zero attached hydrogens (tertiary/aromatic N) is 1. The van der Waals surface area contributed by atoms with Crippen molar-refractivity contribution in [2.24, 2.45) is 5.73 Å². The summed E-state index contributed by atoms with van der Waals surface area (Å²) in [7, 11) is 0. The number of fused-ring (bicyclic) bond motifs is 1. The standard InChI is InChI=1S/C26H34N4O4.ClH/c1-16(2)34-26(33)29-23-13-17(3)30(18(4)31)24-10-9-21(15-22(23)24)20-7-5-19(6-8-20)14-25(32)28-12-11-27;/h5-10,15-17,23H,11-14,27H2,1-4H3,(H,28,32)(H,29,33);1H/t17-,23+;/m0./s1. The lowest BCUT2D eigenvalue weighted by Gasteiger charge is -2.39. The predicted molar refractivity (Wildman–Crippen MR) is 140 cm³/mol. The van der Waals surface area contributed by atoms with E-state index in [1.807, 2.05) is 49.4 Å². The van der Waals surface area contributed by atoms with Crippen LogP contribution in [0.15, 0.2) is 42.5 Å². The van der Waals surface area contributed by atoms with E-state index < -0.39 is 6.09 Å². The van der Waals surface area contributed by atoms with Gasteiger partial charge in [0.25, 0.3) is 0 Å². The van der Waals surface area contributed by atoms with Gasteiger partial charge in [-0.3, -0.25) is 9.59 Å². The Hall–Kier alpha value is -3.10. The Bertz CT molecular complexity index is 1040. The fourth-order valence-corrected chi connectivity index (χ4v) is 4.33. The second kappa shape index (κ2) is 12.6. The molecule has 0 aliphatic carbocycles. The molecule has 0 radical (unpaired) electrons. The highest BCUT2D eigenvalue weighted by atomic mass is 35.5. The van der Waals surface area contributed by atoms with E-state index in [9.17, 15) is 14.4 Å². The van der Waals surface area contributed by atoms with Crippen molar-refractivity contribution in [3.63, 3.8) is 0 Å². The third kappa shape index (κ3) is 7.19. The van der Waals surface area contributed by atoms with Gasteiger partial charge in [0, 0.05) is 31.7 Å². The summed E-state index contributed by atoms with van der Waals surface area (Å²) in [5, 5.41) is 5.74. The van der Waals surface area contributed by atoms with Crippen molar-refractivity contribution in [2.75, 3.05) is 18.0 Å². The van der Waals surface area contributed by atoms with Gasteiger partial charge in [-0.05, 0) is 61.6 Å². The quantitative estimate of drug-likeness (QED) is 0.534. The number of halogens is 1. The molecule has 9 heteroatoms. The average Bonchev–Trinajstić information content (AvgIpc) is 2.77. The molecule has 0 saturated heterocycles. The third-order valence-corrected chi connectivity index (χ3v) is 5.77. The number of carbonyl (C=O) groups is 3. The molecular weight excluding hydrogens is 468 g/mol. The highest BCUT2D eigenvalue weighted by molar-refractivity contribution is 5.94. The van der Waals surface area contributed by atoms with Gasteiger partial charge < -0.3 is 26.0 Å². The number of carbonyl (C=O) groups excluding carboxylic acids is 3. The summed E-state index contributed by atoms with van der Waals surface area (Å²) < 4.78 is 5.29. The molecule has 8 nitrogen and oxygen atoms in total. The van der Waals surface area contributed by atoms with Crippen LogP contribution in [0.25, 0.3) is 11.1 Å². The Morgan fingerprint density at radius 3 is 2.37 bits per heavy atom. The number of hydrogen-bond donors (Lipinski definition) is 3. The van der Waals surface area contributed by atoms with Crippen LogP contribution in [0.1, 0.15) is 51.3 Å². The summed E-state index contributed by atoms with van der Waals surface area (Å²) in [5.74, 6) is -0.102. The Labute approximate surface area is 213 Å². The Morgan fingerprint density at radius 2 is 1.77 bits per heavy atom. The van der Waals surface area contributed by atoms with Crippen LogP contribution in [0.2, 0.25) is 0 Å². The Morgan fingerprint density at radius 1 is 1.11 bits per heavy atom. The molecular formula is C26H35ClN4O4. The lowest BCUT2D eigenvalue weighted by Crippen LogP contribution is -2.45. The zero-order valence-corrected chi connectivity index (χ0v) is 21.5. The van der Waals surface area contributed by atoms with Gasteiger partial charge in [-0.15, -0.1) is 12.4 Å². The predicted octanol–water partition coefficient (Wildman–Crippen LogP) is 3.71. The van der Waals surface area contributed by atoms with Crippen molar-refractivity contribution in [3.05, 3.63) is 53.6 Å². The van der Waals surface area contributed by atoms with Crippen molar-refractivity contribution in [3.8, 4) is 11.1 Å². The van der Waals surface area contributed by atoms with Crippen molar-refractivity contribution in [1.82, 2.24) is 10.6 Å². The van der Waals surface area contributed by atoms with Crippen LogP contribution in [0, 0.1) is 0 Å². The summed E-state index contributed by atoms with van der Waals surface area (Å²) in [6.07, 6.45) is 0.175. The first-order chi connectivity index (χ1) is 16.2. The first-order valence-corrected chi connectivity index (χ1v) is 11.7. The summed E-state index contributed by atoms with van der Waals surface area (Å²) in [4.78, 5) is 38.4. The van der Waals surface area contributed by atoms with Gasteiger partial charge in [-0.25, -0.2) is 4.79 Å². The number of nitrogens with two attached hydrogens (primary N) is 1. The van der Waals surface area contributed by atoms with Crippen LogP contribution in [0.5, 0.6) is 0 Å². The molecule has 0 fully saturated rings. The topological polar surface area (TPSA) is 114 Å². The number of amides is 3.